The lowest BCUT2D eigenvalue weighted by Gasteiger charge is -2.22. The molecule has 0 bridgehead atoms. The minimum atomic E-state index is 0.101. The molecule has 16 heavy (non-hydrogen) atoms. The Bertz CT molecular complexity index is 406. The minimum Gasteiger partial charge on any atom is -0.337 e. The van der Waals surface area contributed by atoms with Gasteiger partial charge in [0, 0.05) is 13.1 Å². The van der Waals surface area contributed by atoms with Gasteiger partial charge in [-0.25, -0.2) is 0 Å². The normalized spacial score (nSPS) is 25.1. The minimum absolute atomic E-state index is 0.101. The fraction of sp³-hybridized carbons (Fsp3) is 0.545. The van der Waals surface area contributed by atoms with Crippen LogP contribution in [0.2, 0.25) is 0 Å². The molecule has 5 heteroatoms. The molecule has 2 heterocycles. The Balaban J connectivity index is 2.08. The molecule has 1 aliphatic rings. The number of nitrogens with two attached hydrogens (primary N) is 1. The van der Waals surface area contributed by atoms with Crippen molar-refractivity contribution in [1.29, 1.82) is 0 Å². The van der Waals surface area contributed by atoms with Gasteiger partial charge < -0.3 is 10.6 Å². The van der Waals surface area contributed by atoms with Crippen LogP contribution in [-0.2, 0) is 0 Å². The smallest absolute Gasteiger partial charge is 0.263 e. The predicted molar refractivity (Wildman–Crippen MR) is 69.7 cm³/mol. The summed E-state index contributed by atoms with van der Waals surface area (Å²) in [4.78, 5) is 14.8. The topological polar surface area (TPSA) is 46.3 Å². The van der Waals surface area contributed by atoms with Crippen LogP contribution in [0.3, 0.4) is 0 Å². The molecule has 1 aromatic heterocycles. The highest BCUT2D eigenvalue weighted by molar-refractivity contribution is 9.11. The Morgan fingerprint density at radius 1 is 1.69 bits per heavy atom. The fourth-order valence-electron chi connectivity index (χ4n) is 1.95. The van der Waals surface area contributed by atoms with Crippen LogP contribution in [0.4, 0.5) is 0 Å². The highest BCUT2D eigenvalue weighted by atomic mass is 79.9. The molecule has 1 atom stereocenters. The monoisotopic (exact) mass is 302 g/mol. The van der Waals surface area contributed by atoms with Crippen molar-refractivity contribution in [3.63, 3.8) is 0 Å². The van der Waals surface area contributed by atoms with Crippen molar-refractivity contribution >= 4 is 33.2 Å². The van der Waals surface area contributed by atoms with Gasteiger partial charge in [0.05, 0.1) is 8.66 Å². The molecule has 1 amide bonds. The molecule has 0 saturated carbocycles. The summed E-state index contributed by atoms with van der Waals surface area (Å²) in [7, 11) is 0. The van der Waals surface area contributed by atoms with Crippen molar-refractivity contribution in [3.05, 3.63) is 20.8 Å². The Labute approximate surface area is 108 Å². The first-order valence-corrected chi connectivity index (χ1v) is 6.90. The van der Waals surface area contributed by atoms with Gasteiger partial charge in [-0.3, -0.25) is 4.79 Å². The van der Waals surface area contributed by atoms with Gasteiger partial charge in [0.15, 0.2) is 0 Å². The van der Waals surface area contributed by atoms with E-state index in [9.17, 15) is 4.79 Å². The molecule has 1 fully saturated rings. The van der Waals surface area contributed by atoms with E-state index in [2.05, 4.69) is 22.9 Å². The third-order valence-electron chi connectivity index (χ3n) is 3.12. The lowest BCUT2D eigenvalue weighted by atomic mass is 9.90. The Hall–Kier alpha value is -0.390. The first kappa shape index (κ1) is 12.1. The van der Waals surface area contributed by atoms with Gasteiger partial charge in [-0.05, 0) is 46.4 Å². The van der Waals surface area contributed by atoms with Crippen LogP contribution >= 0.6 is 27.3 Å². The number of hydrogen-bond acceptors (Lipinski definition) is 3. The zero-order chi connectivity index (χ0) is 11.8. The Kier molecular flexibility index (Phi) is 3.37. The van der Waals surface area contributed by atoms with E-state index in [1.165, 1.54) is 11.3 Å². The number of rotatable bonds is 2. The summed E-state index contributed by atoms with van der Waals surface area (Å²) in [5, 5.41) is 0. The molecule has 0 aliphatic carbocycles. The second-order valence-corrected chi connectivity index (χ2v) is 7.06. The molecule has 0 spiro atoms. The molecule has 1 unspecified atom stereocenters. The molecular formula is C11H15BrN2OS. The highest BCUT2D eigenvalue weighted by Crippen LogP contribution is 2.31. The summed E-state index contributed by atoms with van der Waals surface area (Å²) in [5.74, 6) is 0.132. The van der Waals surface area contributed by atoms with E-state index in [1.807, 2.05) is 17.0 Å². The van der Waals surface area contributed by atoms with E-state index in [1.54, 1.807) is 0 Å². The molecule has 88 valence electrons. The van der Waals surface area contributed by atoms with E-state index in [0.29, 0.717) is 6.54 Å². The SMILES string of the molecule is CC1(CN)CCN(C(=O)c2ccc(Br)s2)C1. The lowest BCUT2D eigenvalue weighted by Crippen LogP contribution is -2.34. The summed E-state index contributed by atoms with van der Waals surface area (Å²) in [5.41, 5.74) is 5.83. The number of hydrogen-bond donors (Lipinski definition) is 1. The molecule has 1 aliphatic heterocycles. The molecule has 1 saturated heterocycles. The Morgan fingerprint density at radius 2 is 2.44 bits per heavy atom. The van der Waals surface area contributed by atoms with Gasteiger partial charge in [-0.2, -0.15) is 0 Å². The van der Waals surface area contributed by atoms with Gasteiger partial charge >= 0.3 is 0 Å². The quantitative estimate of drug-likeness (QED) is 0.911. The molecule has 2 rings (SSSR count). The third-order valence-corrected chi connectivity index (χ3v) is 4.73. The van der Waals surface area contributed by atoms with Gasteiger partial charge in [-0.1, -0.05) is 6.92 Å². The standard InChI is InChI=1S/C11H15BrN2OS/c1-11(6-13)4-5-14(7-11)10(15)8-2-3-9(12)16-8/h2-3H,4-7,13H2,1H3. The maximum absolute atomic E-state index is 12.1. The number of carbonyl (C=O) groups is 1. The van der Waals surface area contributed by atoms with E-state index in [4.69, 9.17) is 5.73 Å². The predicted octanol–water partition coefficient (Wildman–Crippen LogP) is 2.32. The summed E-state index contributed by atoms with van der Waals surface area (Å²) in [6.07, 6.45) is 1.00. The summed E-state index contributed by atoms with van der Waals surface area (Å²) in [6, 6.07) is 3.78. The van der Waals surface area contributed by atoms with Crippen LogP contribution in [0.15, 0.2) is 15.9 Å². The van der Waals surface area contributed by atoms with Gasteiger partial charge in [0.2, 0.25) is 0 Å². The second-order valence-electron chi connectivity index (χ2n) is 4.60. The molecular weight excluding hydrogens is 288 g/mol. The number of nitrogens with zero attached hydrogens (tertiary/aromatic N) is 1. The summed E-state index contributed by atoms with van der Waals surface area (Å²) in [6.45, 7) is 4.38. The van der Waals surface area contributed by atoms with Crippen molar-refractivity contribution in [2.45, 2.75) is 13.3 Å². The van der Waals surface area contributed by atoms with E-state index >= 15 is 0 Å². The van der Waals surface area contributed by atoms with Crippen LogP contribution in [0.5, 0.6) is 0 Å². The maximum Gasteiger partial charge on any atom is 0.263 e. The molecule has 2 N–H and O–H groups in total. The fourth-order valence-corrected chi connectivity index (χ4v) is 3.30. The highest BCUT2D eigenvalue weighted by Gasteiger charge is 2.35. The van der Waals surface area contributed by atoms with E-state index < -0.39 is 0 Å². The van der Waals surface area contributed by atoms with Crippen LogP contribution in [0, 0.1) is 5.41 Å². The van der Waals surface area contributed by atoms with Crippen molar-refractivity contribution in [3.8, 4) is 0 Å². The van der Waals surface area contributed by atoms with Crippen molar-refractivity contribution in [2.24, 2.45) is 11.1 Å². The van der Waals surface area contributed by atoms with Gasteiger partial charge in [0.1, 0.15) is 0 Å². The summed E-state index contributed by atoms with van der Waals surface area (Å²) < 4.78 is 0.997. The Morgan fingerprint density at radius 3 is 2.94 bits per heavy atom. The van der Waals surface area contributed by atoms with Crippen LogP contribution in [0.1, 0.15) is 23.0 Å². The van der Waals surface area contributed by atoms with Crippen molar-refractivity contribution in [1.82, 2.24) is 4.90 Å². The third kappa shape index (κ3) is 2.31. The number of amides is 1. The number of carbonyl (C=O) groups excluding carboxylic acids is 1. The van der Waals surface area contributed by atoms with Gasteiger partial charge in [0.25, 0.3) is 5.91 Å². The van der Waals surface area contributed by atoms with Gasteiger partial charge in [-0.15, -0.1) is 11.3 Å². The molecule has 3 nitrogen and oxygen atoms in total. The second kappa shape index (κ2) is 4.47. The van der Waals surface area contributed by atoms with Crippen LogP contribution in [-0.4, -0.2) is 30.4 Å². The molecule has 0 aromatic carbocycles. The number of thiophene rings is 1. The first-order valence-electron chi connectivity index (χ1n) is 5.29. The van der Waals surface area contributed by atoms with E-state index in [0.717, 1.165) is 28.2 Å². The number of halogens is 1. The van der Waals surface area contributed by atoms with Crippen molar-refractivity contribution < 1.29 is 4.79 Å². The largest absolute Gasteiger partial charge is 0.337 e. The summed E-state index contributed by atoms with van der Waals surface area (Å²) >= 11 is 4.86. The van der Waals surface area contributed by atoms with Crippen LogP contribution < -0.4 is 5.73 Å². The van der Waals surface area contributed by atoms with E-state index in [-0.39, 0.29) is 11.3 Å². The maximum atomic E-state index is 12.1. The average Bonchev–Trinajstić information content (AvgIpc) is 2.85. The average molecular weight is 303 g/mol. The first-order chi connectivity index (χ1) is 7.54. The lowest BCUT2D eigenvalue weighted by molar-refractivity contribution is 0.0781. The zero-order valence-electron chi connectivity index (χ0n) is 9.20. The van der Waals surface area contributed by atoms with Crippen LogP contribution in [0.25, 0.3) is 0 Å². The molecule has 0 radical (unpaired) electrons. The number of likely N-dealkylation sites (tertiary alicyclic amines) is 1. The zero-order valence-corrected chi connectivity index (χ0v) is 11.6. The molecule has 1 aromatic rings. The van der Waals surface area contributed by atoms with Crippen molar-refractivity contribution in [2.75, 3.05) is 19.6 Å².